The molecule has 0 fully saturated rings. The van der Waals surface area contributed by atoms with Crippen molar-refractivity contribution in [2.45, 2.75) is 13.0 Å². The highest BCUT2D eigenvalue weighted by atomic mass is 16.5. The van der Waals surface area contributed by atoms with E-state index in [2.05, 4.69) is 10.6 Å². The lowest BCUT2D eigenvalue weighted by Gasteiger charge is -2.10. The highest BCUT2D eigenvalue weighted by Gasteiger charge is 2.03. The number of anilines is 2. The van der Waals surface area contributed by atoms with Crippen LogP contribution in [-0.4, -0.2) is 19.6 Å². The molecule has 0 aliphatic carbocycles. The van der Waals surface area contributed by atoms with Crippen LogP contribution in [0.15, 0.2) is 78.9 Å². The van der Waals surface area contributed by atoms with E-state index >= 15 is 0 Å². The van der Waals surface area contributed by atoms with Gasteiger partial charge in [-0.1, -0.05) is 30.3 Å². The maximum atomic E-state index is 12.0. The lowest BCUT2D eigenvalue weighted by molar-refractivity contribution is -0.115. The topological polar surface area (TPSA) is 59.6 Å². The molecule has 0 aliphatic heterocycles. The number of hydrogen-bond donors (Lipinski definition) is 2. The zero-order valence-electron chi connectivity index (χ0n) is 15.9. The van der Waals surface area contributed by atoms with E-state index in [0.29, 0.717) is 19.6 Å². The van der Waals surface area contributed by atoms with E-state index in [1.165, 1.54) is 0 Å². The maximum Gasteiger partial charge on any atom is 0.226 e. The molecule has 0 saturated carbocycles. The summed E-state index contributed by atoms with van der Waals surface area (Å²) in [5, 5.41) is 6.11. The Hall–Kier alpha value is -3.47. The third-order valence-corrected chi connectivity index (χ3v) is 4.16. The van der Waals surface area contributed by atoms with Crippen molar-refractivity contribution >= 4 is 17.3 Å². The second-order valence-corrected chi connectivity index (χ2v) is 6.25. The maximum absolute atomic E-state index is 12.0. The Morgan fingerprint density at radius 1 is 0.821 bits per heavy atom. The predicted molar refractivity (Wildman–Crippen MR) is 112 cm³/mol. The average Bonchev–Trinajstić information content (AvgIpc) is 2.74. The molecule has 0 heterocycles. The quantitative estimate of drug-likeness (QED) is 0.568. The van der Waals surface area contributed by atoms with Crippen LogP contribution in [0.25, 0.3) is 0 Å². The van der Waals surface area contributed by atoms with Gasteiger partial charge in [-0.2, -0.15) is 0 Å². The van der Waals surface area contributed by atoms with Gasteiger partial charge in [-0.15, -0.1) is 0 Å². The van der Waals surface area contributed by atoms with Crippen molar-refractivity contribution in [3.8, 4) is 11.5 Å². The van der Waals surface area contributed by atoms with Gasteiger partial charge in [0.1, 0.15) is 18.1 Å². The number of rotatable bonds is 9. The molecule has 0 saturated heterocycles. The fourth-order valence-electron chi connectivity index (χ4n) is 2.63. The number of carbonyl (C=O) groups is 1. The highest BCUT2D eigenvalue weighted by molar-refractivity contribution is 5.91. The zero-order valence-corrected chi connectivity index (χ0v) is 15.9. The van der Waals surface area contributed by atoms with Crippen LogP contribution in [-0.2, 0) is 11.4 Å². The standard InChI is InChI=1S/C23H24N2O3/c1-27-21-11-9-20(10-12-21)25-23(26)15-16-24-19-7-13-22(14-8-19)28-17-18-5-3-2-4-6-18/h2-14,24H,15-17H2,1H3,(H,25,26). The number of methoxy groups -OCH3 is 1. The Morgan fingerprint density at radius 2 is 1.46 bits per heavy atom. The molecule has 28 heavy (non-hydrogen) atoms. The first kappa shape index (κ1) is 19.3. The van der Waals surface area contributed by atoms with Gasteiger partial charge >= 0.3 is 0 Å². The first-order chi connectivity index (χ1) is 13.7. The van der Waals surface area contributed by atoms with Crippen molar-refractivity contribution in [2.24, 2.45) is 0 Å². The SMILES string of the molecule is COc1ccc(NC(=O)CCNc2ccc(OCc3ccccc3)cc2)cc1. The van der Waals surface area contributed by atoms with Gasteiger partial charge in [-0.3, -0.25) is 4.79 Å². The normalized spacial score (nSPS) is 10.2. The van der Waals surface area contributed by atoms with Gasteiger partial charge in [-0.05, 0) is 54.1 Å². The van der Waals surface area contributed by atoms with Gasteiger partial charge in [0.15, 0.2) is 0 Å². The van der Waals surface area contributed by atoms with Crippen molar-refractivity contribution in [3.63, 3.8) is 0 Å². The van der Waals surface area contributed by atoms with Gasteiger partial charge in [0.05, 0.1) is 7.11 Å². The van der Waals surface area contributed by atoms with Gasteiger partial charge in [0, 0.05) is 24.3 Å². The Kier molecular flexibility index (Phi) is 6.90. The molecule has 3 aromatic carbocycles. The number of benzene rings is 3. The molecule has 2 N–H and O–H groups in total. The number of carbonyl (C=O) groups excluding carboxylic acids is 1. The van der Waals surface area contributed by atoms with Crippen LogP contribution < -0.4 is 20.1 Å². The minimum Gasteiger partial charge on any atom is -0.497 e. The molecular weight excluding hydrogens is 352 g/mol. The highest BCUT2D eigenvalue weighted by Crippen LogP contribution is 2.18. The molecule has 0 aromatic heterocycles. The van der Waals surface area contributed by atoms with Gasteiger partial charge in [0.25, 0.3) is 0 Å². The summed E-state index contributed by atoms with van der Waals surface area (Å²) in [7, 11) is 1.61. The third kappa shape index (κ3) is 6.06. The minimum absolute atomic E-state index is 0.0412. The van der Waals surface area contributed by atoms with Gasteiger partial charge in [0.2, 0.25) is 5.91 Å². The van der Waals surface area contributed by atoms with E-state index in [1.54, 1.807) is 7.11 Å². The van der Waals surface area contributed by atoms with Crippen LogP contribution in [0.3, 0.4) is 0 Å². The second-order valence-electron chi connectivity index (χ2n) is 6.25. The van der Waals surface area contributed by atoms with Crippen LogP contribution in [0, 0.1) is 0 Å². The number of nitrogens with one attached hydrogen (secondary N) is 2. The molecular formula is C23H24N2O3. The van der Waals surface area contributed by atoms with Gasteiger partial charge in [-0.25, -0.2) is 0 Å². The first-order valence-corrected chi connectivity index (χ1v) is 9.17. The number of ether oxygens (including phenoxy) is 2. The van der Waals surface area contributed by atoms with E-state index in [-0.39, 0.29) is 5.91 Å². The molecule has 0 unspecified atom stereocenters. The second kappa shape index (κ2) is 10.0. The van der Waals surface area contributed by atoms with Crippen molar-refractivity contribution < 1.29 is 14.3 Å². The molecule has 5 nitrogen and oxygen atoms in total. The molecule has 0 spiro atoms. The molecule has 3 rings (SSSR count). The third-order valence-electron chi connectivity index (χ3n) is 4.16. The summed E-state index contributed by atoms with van der Waals surface area (Å²) >= 11 is 0. The molecule has 5 heteroatoms. The molecule has 0 aliphatic rings. The summed E-state index contributed by atoms with van der Waals surface area (Å²) in [4.78, 5) is 12.0. The van der Waals surface area contributed by atoms with Crippen molar-refractivity contribution in [1.29, 1.82) is 0 Å². The zero-order chi connectivity index (χ0) is 19.6. The molecule has 0 atom stereocenters. The smallest absolute Gasteiger partial charge is 0.226 e. The van der Waals surface area contributed by atoms with Crippen LogP contribution in [0.5, 0.6) is 11.5 Å². The minimum atomic E-state index is -0.0412. The number of hydrogen-bond acceptors (Lipinski definition) is 4. The average molecular weight is 376 g/mol. The van der Waals surface area contributed by atoms with Crippen molar-refractivity contribution in [2.75, 3.05) is 24.3 Å². The van der Waals surface area contributed by atoms with E-state index in [4.69, 9.17) is 9.47 Å². The summed E-state index contributed by atoms with van der Waals surface area (Å²) in [5.74, 6) is 1.53. The van der Waals surface area contributed by atoms with E-state index in [0.717, 1.165) is 28.4 Å². The number of amides is 1. The monoisotopic (exact) mass is 376 g/mol. The lowest BCUT2D eigenvalue weighted by Crippen LogP contribution is -2.16. The Labute approximate surface area is 165 Å². The molecule has 1 amide bonds. The Bertz CT molecular complexity index is 863. The van der Waals surface area contributed by atoms with Crippen LogP contribution in [0.2, 0.25) is 0 Å². The summed E-state index contributed by atoms with van der Waals surface area (Å²) in [6, 6.07) is 25.0. The van der Waals surface area contributed by atoms with Crippen molar-refractivity contribution in [3.05, 3.63) is 84.4 Å². The first-order valence-electron chi connectivity index (χ1n) is 9.17. The summed E-state index contributed by atoms with van der Waals surface area (Å²) < 4.78 is 10.9. The van der Waals surface area contributed by atoms with Crippen LogP contribution in [0.4, 0.5) is 11.4 Å². The largest absolute Gasteiger partial charge is 0.497 e. The van der Waals surface area contributed by atoms with Crippen LogP contribution in [0.1, 0.15) is 12.0 Å². The Morgan fingerprint density at radius 3 is 2.14 bits per heavy atom. The van der Waals surface area contributed by atoms with Gasteiger partial charge < -0.3 is 20.1 Å². The summed E-state index contributed by atoms with van der Waals surface area (Å²) in [6.45, 7) is 1.09. The van der Waals surface area contributed by atoms with E-state index < -0.39 is 0 Å². The molecule has 3 aromatic rings. The lowest BCUT2D eigenvalue weighted by atomic mass is 10.2. The molecule has 144 valence electrons. The fourth-order valence-corrected chi connectivity index (χ4v) is 2.63. The molecule has 0 bridgehead atoms. The predicted octanol–water partition coefficient (Wildman–Crippen LogP) is 4.71. The summed E-state index contributed by atoms with van der Waals surface area (Å²) in [6.07, 6.45) is 0.373. The summed E-state index contributed by atoms with van der Waals surface area (Å²) in [5.41, 5.74) is 2.84. The van der Waals surface area contributed by atoms with Crippen LogP contribution >= 0.6 is 0 Å². The van der Waals surface area contributed by atoms with Crippen molar-refractivity contribution in [1.82, 2.24) is 0 Å². The fraction of sp³-hybridized carbons (Fsp3) is 0.174. The molecule has 0 radical (unpaired) electrons. The van der Waals surface area contributed by atoms with E-state index in [1.807, 2.05) is 78.9 Å². The Balaban J connectivity index is 1.38. The van der Waals surface area contributed by atoms with E-state index in [9.17, 15) is 4.79 Å².